The molecule has 0 bridgehead atoms. The van der Waals surface area contributed by atoms with E-state index < -0.39 is 5.92 Å². The van der Waals surface area contributed by atoms with Gasteiger partial charge in [-0.05, 0) is 17.0 Å². The smallest absolute Gasteiger partial charge is 0.235 e. The molecule has 0 aliphatic carbocycles. The highest BCUT2D eigenvalue weighted by Crippen LogP contribution is 2.36. The van der Waals surface area contributed by atoms with E-state index in [1.165, 1.54) is 5.56 Å². The Balaban J connectivity index is 1.58. The van der Waals surface area contributed by atoms with Crippen LogP contribution in [0.3, 0.4) is 0 Å². The zero-order valence-electron chi connectivity index (χ0n) is 15.4. The van der Waals surface area contributed by atoms with Crippen LogP contribution in [0.5, 0.6) is 0 Å². The number of carbonyl (C=O) groups is 2. The molecule has 2 fully saturated rings. The molecule has 3 heterocycles. The second-order valence-corrected chi connectivity index (χ2v) is 8.16. The Morgan fingerprint density at radius 2 is 2.00 bits per heavy atom. The molecule has 0 radical (unpaired) electrons. The van der Waals surface area contributed by atoms with E-state index in [1.54, 1.807) is 6.20 Å². The van der Waals surface area contributed by atoms with Crippen LogP contribution in [0.15, 0.2) is 24.5 Å². The first kappa shape index (κ1) is 17.9. The first-order valence-electron chi connectivity index (χ1n) is 9.04. The third-order valence-corrected chi connectivity index (χ3v) is 5.37. The normalized spacial score (nSPS) is 25.1. The number of pyridine rings is 1. The Morgan fingerprint density at radius 3 is 2.60 bits per heavy atom. The van der Waals surface area contributed by atoms with Gasteiger partial charge in [-0.15, -0.1) is 0 Å². The van der Waals surface area contributed by atoms with Gasteiger partial charge >= 0.3 is 0 Å². The van der Waals surface area contributed by atoms with Gasteiger partial charge in [0.1, 0.15) is 5.92 Å². The van der Waals surface area contributed by atoms with Crippen molar-refractivity contribution in [2.24, 2.45) is 17.3 Å². The molecule has 1 N–H and O–H groups in total. The number of amides is 2. The molecule has 2 aliphatic rings. The van der Waals surface area contributed by atoms with Crippen molar-refractivity contribution in [3.8, 4) is 0 Å². The number of piperazine rings is 1. The average molecular weight is 344 g/mol. The number of rotatable bonds is 3. The number of nitrogens with one attached hydrogen (secondary N) is 1. The standard InChI is InChI=1S/C19H28N4O2/c1-19(2,3)15-12-21-17(24)16(15)18(25)23-9-7-22(8-10-23)13-14-5-4-6-20-11-14/h4-6,11,15-16H,7-10,12-13H2,1-3H3,(H,21,24)/t15-,16+/m1/s1. The van der Waals surface area contributed by atoms with Gasteiger partial charge in [0.2, 0.25) is 11.8 Å². The van der Waals surface area contributed by atoms with E-state index in [1.807, 2.05) is 17.2 Å². The van der Waals surface area contributed by atoms with Crippen LogP contribution in [0.1, 0.15) is 26.3 Å². The number of carbonyl (C=O) groups excluding carboxylic acids is 2. The quantitative estimate of drug-likeness (QED) is 0.835. The molecular formula is C19H28N4O2. The van der Waals surface area contributed by atoms with Crippen LogP contribution >= 0.6 is 0 Å². The van der Waals surface area contributed by atoms with E-state index in [4.69, 9.17) is 0 Å². The van der Waals surface area contributed by atoms with Crippen molar-refractivity contribution in [2.75, 3.05) is 32.7 Å². The van der Waals surface area contributed by atoms with Gasteiger partial charge in [0, 0.05) is 57.6 Å². The van der Waals surface area contributed by atoms with E-state index in [0.29, 0.717) is 19.6 Å². The maximum absolute atomic E-state index is 13.0. The summed E-state index contributed by atoms with van der Waals surface area (Å²) in [6, 6.07) is 4.02. The van der Waals surface area contributed by atoms with E-state index in [9.17, 15) is 9.59 Å². The van der Waals surface area contributed by atoms with Crippen molar-refractivity contribution in [1.29, 1.82) is 0 Å². The van der Waals surface area contributed by atoms with Crippen molar-refractivity contribution in [3.05, 3.63) is 30.1 Å². The molecule has 6 nitrogen and oxygen atoms in total. The highest BCUT2D eigenvalue weighted by molar-refractivity contribution is 6.02. The van der Waals surface area contributed by atoms with Gasteiger partial charge < -0.3 is 10.2 Å². The minimum Gasteiger partial charge on any atom is -0.355 e. The lowest BCUT2D eigenvalue weighted by Gasteiger charge is -2.37. The molecule has 136 valence electrons. The molecule has 0 aromatic carbocycles. The molecule has 1 aromatic rings. The minimum absolute atomic E-state index is 0.00375. The molecule has 2 saturated heterocycles. The summed E-state index contributed by atoms with van der Waals surface area (Å²) in [5.74, 6) is -0.593. The van der Waals surface area contributed by atoms with Crippen LogP contribution in [-0.4, -0.2) is 59.3 Å². The Hall–Kier alpha value is -1.95. The van der Waals surface area contributed by atoms with E-state index in [-0.39, 0.29) is 23.1 Å². The van der Waals surface area contributed by atoms with Crippen molar-refractivity contribution in [1.82, 2.24) is 20.1 Å². The minimum atomic E-state index is -0.537. The van der Waals surface area contributed by atoms with Crippen molar-refractivity contribution in [2.45, 2.75) is 27.3 Å². The summed E-state index contributed by atoms with van der Waals surface area (Å²) in [5, 5.41) is 2.88. The van der Waals surface area contributed by atoms with Crippen molar-refractivity contribution < 1.29 is 9.59 Å². The lowest BCUT2D eigenvalue weighted by atomic mass is 9.74. The van der Waals surface area contributed by atoms with E-state index in [2.05, 4.69) is 42.0 Å². The average Bonchev–Trinajstić information content (AvgIpc) is 2.98. The predicted octanol–water partition coefficient (Wildman–Crippen LogP) is 1.13. The summed E-state index contributed by atoms with van der Waals surface area (Å²) in [7, 11) is 0. The maximum Gasteiger partial charge on any atom is 0.235 e. The van der Waals surface area contributed by atoms with Crippen LogP contribution in [0.4, 0.5) is 0 Å². The molecule has 0 saturated carbocycles. The Labute approximate surface area is 149 Å². The molecule has 2 atom stereocenters. The molecule has 2 aliphatic heterocycles. The Bertz CT molecular complexity index is 618. The van der Waals surface area contributed by atoms with Gasteiger partial charge in [-0.1, -0.05) is 26.8 Å². The number of nitrogens with zero attached hydrogens (tertiary/aromatic N) is 3. The maximum atomic E-state index is 13.0. The molecular weight excluding hydrogens is 316 g/mol. The molecule has 2 amide bonds. The zero-order valence-corrected chi connectivity index (χ0v) is 15.4. The van der Waals surface area contributed by atoms with Crippen LogP contribution < -0.4 is 5.32 Å². The third kappa shape index (κ3) is 4.00. The monoisotopic (exact) mass is 344 g/mol. The molecule has 0 unspecified atom stereocenters. The number of hydrogen-bond donors (Lipinski definition) is 1. The van der Waals surface area contributed by atoms with Gasteiger partial charge in [0.25, 0.3) is 0 Å². The number of aromatic nitrogens is 1. The summed E-state index contributed by atoms with van der Waals surface area (Å²) in [6.45, 7) is 10.8. The molecule has 25 heavy (non-hydrogen) atoms. The van der Waals surface area contributed by atoms with Crippen LogP contribution in [0.2, 0.25) is 0 Å². The molecule has 0 spiro atoms. The van der Waals surface area contributed by atoms with Crippen LogP contribution in [-0.2, 0) is 16.1 Å². The summed E-state index contributed by atoms with van der Waals surface area (Å²) in [6.07, 6.45) is 3.66. The van der Waals surface area contributed by atoms with Gasteiger partial charge in [-0.25, -0.2) is 0 Å². The van der Waals surface area contributed by atoms with Crippen LogP contribution in [0, 0.1) is 17.3 Å². The lowest BCUT2D eigenvalue weighted by Crippen LogP contribution is -2.52. The predicted molar refractivity (Wildman–Crippen MR) is 95.5 cm³/mol. The third-order valence-electron chi connectivity index (χ3n) is 5.37. The van der Waals surface area contributed by atoms with Gasteiger partial charge in [-0.2, -0.15) is 0 Å². The zero-order chi connectivity index (χ0) is 18.0. The summed E-state index contributed by atoms with van der Waals surface area (Å²) >= 11 is 0. The first-order valence-corrected chi connectivity index (χ1v) is 9.04. The lowest BCUT2D eigenvalue weighted by molar-refractivity contribution is -0.144. The highest BCUT2D eigenvalue weighted by atomic mass is 16.2. The molecule has 6 heteroatoms. The molecule has 1 aromatic heterocycles. The summed E-state index contributed by atoms with van der Waals surface area (Å²) in [4.78, 5) is 33.6. The van der Waals surface area contributed by atoms with Gasteiger partial charge in [-0.3, -0.25) is 19.5 Å². The second kappa shape index (κ2) is 7.12. The SMILES string of the molecule is CC(C)(C)[C@@H]1CNC(=O)[C@H]1C(=O)N1CCN(Cc2cccnc2)CC1. The Morgan fingerprint density at radius 1 is 1.28 bits per heavy atom. The highest BCUT2D eigenvalue weighted by Gasteiger charge is 2.47. The Kier molecular flexibility index (Phi) is 5.08. The number of hydrogen-bond acceptors (Lipinski definition) is 4. The summed E-state index contributed by atoms with van der Waals surface area (Å²) < 4.78 is 0. The van der Waals surface area contributed by atoms with Crippen LogP contribution in [0.25, 0.3) is 0 Å². The largest absolute Gasteiger partial charge is 0.355 e. The van der Waals surface area contributed by atoms with E-state index >= 15 is 0 Å². The molecule has 3 rings (SSSR count). The fourth-order valence-electron chi connectivity index (χ4n) is 3.78. The van der Waals surface area contributed by atoms with Crippen molar-refractivity contribution >= 4 is 11.8 Å². The van der Waals surface area contributed by atoms with Gasteiger partial charge in [0.05, 0.1) is 0 Å². The second-order valence-electron chi connectivity index (χ2n) is 8.16. The fraction of sp³-hybridized carbons (Fsp3) is 0.632. The van der Waals surface area contributed by atoms with Gasteiger partial charge in [0.15, 0.2) is 0 Å². The topological polar surface area (TPSA) is 65.5 Å². The summed E-state index contributed by atoms with van der Waals surface area (Å²) in [5.41, 5.74) is 1.12. The first-order chi connectivity index (χ1) is 11.9. The fourth-order valence-corrected chi connectivity index (χ4v) is 3.78. The van der Waals surface area contributed by atoms with E-state index in [0.717, 1.165) is 19.6 Å². The van der Waals surface area contributed by atoms with Crippen molar-refractivity contribution in [3.63, 3.8) is 0 Å².